The van der Waals surface area contributed by atoms with E-state index in [9.17, 15) is 4.39 Å². The number of rotatable bonds is 3. The summed E-state index contributed by atoms with van der Waals surface area (Å²) in [5.41, 5.74) is 0. The Bertz CT molecular complexity index is 59.9. The molecule has 0 saturated carbocycles. The maximum absolute atomic E-state index is 11.4. The van der Waals surface area contributed by atoms with Gasteiger partial charge in [0.05, 0.1) is 0 Å². The van der Waals surface area contributed by atoms with Crippen LogP contribution in [0.3, 0.4) is 0 Å². The van der Waals surface area contributed by atoms with Gasteiger partial charge >= 0.3 is 0 Å². The van der Waals surface area contributed by atoms with Gasteiger partial charge in [0.1, 0.15) is 13.3 Å². The van der Waals surface area contributed by atoms with Crippen molar-refractivity contribution in [1.29, 1.82) is 0 Å². The zero-order valence-electron chi connectivity index (χ0n) is 5.57. The van der Waals surface area contributed by atoms with Crippen LogP contribution in [-0.4, -0.2) is 15.0 Å². The maximum Gasteiger partial charge on any atom is 0.184 e. The number of hydrogen-bond acceptors (Lipinski definition) is 1. The van der Waals surface area contributed by atoms with Gasteiger partial charge in [-0.05, 0) is 19.6 Å². The minimum atomic E-state index is -1.47. The van der Waals surface area contributed by atoms with Crippen LogP contribution in [0.4, 0.5) is 4.39 Å². The van der Waals surface area contributed by atoms with Gasteiger partial charge in [0.15, 0.2) is 8.32 Å². The number of hydrogen-bond donors (Lipinski definition) is 0. The lowest BCUT2D eigenvalue weighted by Crippen LogP contribution is -2.23. The quantitative estimate of drug-likeness (QED) is 0.538. The highest BCUT2D eigenvalue weighted by molar-refractivity contribution is 6.69. The van der Waals surface area contributed by atoms with Gasteiger partial charge in [0, 0.05) is 0 Å². The molecule has 0 saturated heterocycles. The van der Waals surface area contributed by atoms with Crippen LogP contribution in [0.5, 0.6) is 0 Å². The van der Waals surface area contributed by atoms with Crippen molar-refractivity contribution in [2.24, 2.45) is 0 Å². The van der Waals surface area contributed by atoms with Crippen molar-refractivity contribution in [2.75, 3.05) is 6.67 Å². The van der Waals surface area contributed by atoms with Crippen LogP contribution in [0.25, 0.3) is 0 Å². The average Bonchev–Trinajstić information content (AvgIpc) is 1.59. The smallest absolute Gasteiger partial charge is 0.184 e. The Hall–Kier alpha value is 0.107. The molecule has 1 radical (unpaired) electrons. The highest BCUT2D eigenvalue weighted by Crippen LogP contribution is 2.03. The average molecular weight is 135 g/mol. The van der Waals surface area contributed by atoms with E-state index < -0.39 is 15.0 Å². The summed E-state index contributed by atoms with van der Waals surface area (Å²) in [5, 5.41) is 0. The summed E-state index contributed by atoms with van der Waals surface area (Å²) >= 11 is 0. The van der Waals surface area contributed by atoms with Crippen LogP contribution in [0.15, 0.2) is 0 Å². The molecule has 0 unspecified atom stereocenters. The van der Waals surface area contributed by atoms with Crippen LogP contribution in [-0.2, 0) is 4.43 Å². The van der Waals surface area contributed by atoms with Gasteiger partial charge in [-0.2, -0.15) is 0 Å². The first-order chi connectivity index (χ1) is 3.56. The van der Waals surface area contributed by atoms with Crippen molar-refractivity contribution in [3.63, 3.8) is 0 Å². The van der Waals surface area contributed by atoms with Gasteiger partial charge < -0.3 is 4.43 Å². The van der Waals surface area contributed by atoms with Crippen molar-refractivity contribution in [3.8, 4) is 0 Å². The third kappa shape index (κ3) is 6.11. The second kappa shape index (κ2) is 3.20. The molecule has 0 atom stereocenters. The van der Waals surface area contributed by atoms with Crippen LogP contribution < -0.4 is 0 Å². The van der Waals surface area contributed by atoms with E-state index in [2.05, 4.69) is 0 Å². The summed E-state index contributed by atoms with van der Waals surface area (Å²) in [7, 11) is -1.47. The molecule has 0 aromatic heterocycles. The molecule has 0 N–H and O–H groups in total. The Morgan fingerprint density at radius 2 is 2.00 bits per heavy atom. The molecule has 0 amide bonds. The highest BCUT2D eigenvalue weighted by Gasteiger charge is 2.12. The molecule has 0 aliphatic heterocycles. The molecular formula is C5H12FOSi. The molecule has 0 aromatic rings. The zero-order valence-corrected chi connectivity index (χ0v) is 6.57. The van der Waals surface area contributed by atoms with E-state index >= 15 is 0 Å². The summed E-state index contributed by atoms with van der Waals surface area (Å²) in [6.07, 6.45) is 0. The van der Waals surface area contributed by atoms with Crippen LogP contribution in [0, 0.1) is 6.61 Å². The summed E-state index contributed by atoms with van der Waals surface area (Å²) in [6, 6.07) is 0. The molecule has 0 aliphatic rings. The summed E-state index contributed by atoms with van der Waals surface area (Å²) < 4.78 is 16.4. The second-order valence-corrected chi connectivity index (χ2v) is 7.01. The Morgan fingerprint density at radius 3 is 2.12 bits per heavy atom. The number of alkyl halides is 1. The number of halogens is 1. The lowest BCUT2D eigenvalue weighted by atomic mass is 10.9. The summed E-state index contributed by atoms with van der Waals surface area (Å²) in [4.78, 5) is 0. The molecule has 0 aliphatic carbocycles. The predicted molar refractivity (Wildman–Crippen MR) is 34.7 cm³/mol. The van der Waals surface area contributed by atoms with Crippen molar-refractivity contribution in [2.45, 2.75) is 19.6 Å². The highest BCUT2D eigenvalue weighted by atomic mass is 28.4. The Kier molecular flexibility index (Phi) is 3.24. The van der Waals surface area contributed by atoms with E-state index in [1.54, 1.807) is 0 Å². The maximum atomic E-state index is 11.4. The first-order valence-corrected chi connectivity index (χ1v) is 6.02. The van der Waals surface area contributed by atoms with E-state index in [4.69, 9.17) is 4.43 Å². The molecule has 0 rings (SSSR count). The molecule has 1 nitrogen and oxygen atoms in total. The van der Waals surface area contributed by atoms with Gasteiger partial charge in [0.2, 0.25) is 0 Å². The summed E-state index contributed by atoms with van der Waals surface area (Å²) in [5.74, 6) is 0. The molecular weight excluding hydrogens is 123 g/mol. The minimum Gasteiger partial charge on any atom is -0.409 e. The lowest BCUT2D eigenvalue weighted by Gasteiger charge is -2.14. The Morgan fingerprint density at radius 1 is 1.50 bits per heavy atom. The third-order valence-corrected chi connectivity index (χ3v) is 1.37. The third-order valence-electron chi connectivity index (χ3n) is 0.500. The van der Waals surface area contributed by atoms with E-state index in [0.717, 1.165) is 0 Å². The molecule has 8 heavy (non-hydrogen) atoms. The molecule has 0 bridgehead atoms. The van der Waals surface area contributed by atoms with E-state index in [0.29, 0.717) is 0 Å². The lowest BCUT2D eigenvalue weighted by molar-refractivity contribution is 0.343. The van der Waals surface area contributed by atoms with Gasteiger partial charge in [0.25, 0.3) is 0 Å². The predicted octanol–water partition coefficient (Wildman–Crippen LogP) is 1.97. The first-order valence-electron chi connectivity index (χ1n) is 2.62. The van der Waals surface area contributed by atoms with E-state index in [1.807, 2.05) is 19.6 Å². The minimum absolute atomic E-state index is 0.482. The van der Waals surface area contributed by atoms with Crippen molar-refractivity contribution >= 4 is 8.32 Å². The molecule has 0 spiro atoms. The Labute approximate surface area is 51.0 Å². The van der Waals surface area contributed by atoms with E-state index in [-0.39, 0.29) is 0 Å². The SMILES string of the molecule is C[Si](C)(C)O[CH]CF. The van der Waals surface area contributed by atoms with Crippen LogP contribution in [0.1, 0.15) is 0 Å². The molecule has 0 fully saturated rings. The first kappa shape index (κ1) is 8.11. The molecule has 3 heteroatoms. The fourth-order valence-electron chi connectivity index (χ4n) is 0.281. The standard InChI is InChI=1S/C5H12FOSi/c1-8(2,3)7-5-4-6/h5H,4H2,1-3H3. The van der Waals surface area contributed by atoms with Gasteiger partial charge in [-0.1, -0.05) is 0 Å². The molecule has 49 valence electrons. The van der Waals surface area contributed by atoms with Crippen molar-refractivity contribution in [1.82, 2.24) is 0 Å². The van der Waals surface area contributed by atoms with Crippen LogP contribution in [0.2, 0.25) is 19.6 Å². The fraction of sp³-hybridized carbons (Fsp3) is 0.800. The topological polar surface area (TPSA) is 9.23 Å². The molecule has 0 aromatic carbocycles. The second-order valence-electron chi connectivity index (χ2n) is 2.55. The normalized spacial score (nSPS) is 12.0. The van der Waals surface area contributed by atoms with Crippen molar-refractivity contribution in [3.05, 3.63) is 6.61 Å². The van der Waals surface area contributed by atoms with Gasteiger partial charge in [-0.15, -0.1) is 0 Å². The largest absolute Gasteiger partial charge is 0.409 e. The van der Waals surface area contributed by atoms with Crippen molar-refractivity contribution < 1.29 is 8.82 Å². The van der Waals surface area contributed by atoms with Gasteiger partial charge in [-0.25, -0.2) is 4.39 Å². The monoisotopic (exact) mass is 135 g/mol. The molecule has 0 heterocycles. The Balaban J connectivity index is 3.11. The fourth-order valence-corrected chi connectivity index (χ4v) is 0.844. The van der Waals surface area contributed by atoms with Gasteiger partial charge in [-0.3, -0.25) is 0 Å². The van der Waals surface area contributed by atoms with Crippen LogP contribution >= 0.6 is 0 Å². The zero-order chi connectivity index (χ0) is 6.62. The summed E-state index contributed by atoms with van der Waals surface area (Å²) in [6.45, 7) is 6.79. The van der Waals surface area contributed by atoms with E-state index in [1.165, 1.54) is 6.61 Å².